The van der Waals surface area contributed by atoms with Gasteiger partial charge in [0.05, 0.1) is 0 Å². The molecule has 1 aromatic rings. The molecule has 0 fully saturated rings. The van der Waals surface area contributed by atoms with E-state index < -0.39 is 5.72 Å². The van der Waals surface area contributed by atoms with Crippen LogP contribution in [0.25, 0.3) is 0 Å². The van der Waals surface area contributed by atoms with Crippen LogP contribution in [0.1, 0.15) is 32.3 Å². The first-order valence-corrected chi connectivity index (χ1v) is 6.36. The lowest BCUT2D eigenvalue weighted by molar-refractivity contribution is 0.00696. The molecule has 0 saturated heterocycles. The summed E-state index contributed by atoms with van der Waals surface area (Å²) >= 11 is 0. The Morgan fingerprint density at radius 3 is 2.47 bits per heavy atom. The van der Waals surface area contributed by atoms with Gasteiger partial charge in [0, 0.05) is 6.42 Å². The van der Waals surface area contributed by atoms with Gasteiger partial charge in [-0.15, -0.1) is 0 Å². The molecule has 0 saturated carbocycles. The minimum Gasteiger partial charge on any atom is -0.376 e. The first-order valence-electron chi connectivity index (χ1n) is 6.36. The molecule has 0 aliphatic heterocycles. The smallest absolute Gasteiger partial charge is 0.120 e. The van der Waals surface area contributed by atoms with Crippen molar-refractivity contribution in [3.05, 3.63) is 42.8 Å². The first-order chi connectivity index (χ1) is 8.06. The lowest BCUT2D eigenvalue weighted by atomic mass is 9.99. The highest BCUT2D eigenvalue weighted by molar-refractivity contribution is 5.16. The Bertz CT molecular complexity index is 310. The summed E-state index contributed by atoms with van der Waals surface area (Å²) in [5, 5.41) is 13.6. The van der Waals surface area contributed by atoms with Crippen molar-refractivity contribution in [2.45, 2.75) is 38.8 Å². The monoisotopic (exact) mass is 234 g/mol. The zero-order valence-electron chi connectivity index (χ0n) is 10.9. The molecule has 0 aromatic heterocycles. The van der Waals surface area contributed by atoms with Gasteiger partial charge in [0.2, 0.25) is 0 Å². The lowest BCUT2D eigenvalue weighted by Crippen LogP contribution is -2.47. The zero-order chi connectivity index (χ0) is 12.7. The Kier molecular flexibility index (Phi) is 5.66. The van der Waals surface area contributed by atoms with Crippen molar-refractivity contribution in [1.82, 2.24) is 5.32 Å². The van der Waals surface area contributed by atoms with Gasteiger partial charge in [-0.25, -0.2) is 0 Å². The number of aliphatic hydroxyl groups is 1. The minimum absolute atomic E-state index is 0.472. The van der Waals surface area contributed by atoms with Crippen molar-refractivity contribution >= 4 is 0 Å². The molecular formula is C15H24NO. The molecule has 0 spiro atoms. The molecule has 17 heavy (non-hydrogen) atoms. The van der Waals surface area contributed by atoms with Gasteiger partial charge >= 0.3 is 0 Å². The number of hydrogen-bond donors (Lipinski definition) is 2. The van der Waals surface area contributed by atoms with E-state index in [9.17, 15) is 5.11 Å². The molecule has 2 nitrogen and oxygen atoms in total. The second kappa shape index (κ2) is 6.77. The largest absolute Gasteiger partial charge is 0.376 e. The highest BCUT2D eigenvalue weighted by Crippen LogP contribution is 2.14. The van der Waals surface area contributed by atoms with Crippen molar-refractivity contribution in [3.8, 4) is 0 Å². The fraction of sp³-hybridized carbons (Fsp3) is 0.533. The Hall–Kier alpha value is -0.860. The topological polar surface area (TPSA) is 32.3 Å². The Balaban J connectivity index is 2.50. The molecule has 0 aliphatic rings. The second-order valence-electron chi connectivity index (χ2n) is 5.05. The van der Waals surface area contributed by atoms with Crippen LogP contribution in [-0.4, -0.2) is 17.4 Å². The third-order valence-corrected chi connectivity index (χ3v) is 2.93. The fourth-order valence-electron chi connectivity index (χ4n) is 1.77. The number of hydrogen-bond acceptors (Lipinski definition) is 2. The Morgan fingerprint density at radius 2 is 1.94 bits per heavy atom. The molecule has 95 valence electrons. The van der Waals surface area contributed by atoms with E-state index in [2.05, 4.69) is 26.1 Å². The second-order valence-corrected chi connectivity index (χ2v) is 5.05. The molecule has 1 atom stereocenters. The predicted octanol–water partition coefficient (Wildman–Crippen LogP) is 2.78. The van der Waals surface area contributed by atoms with E-state index in [0.29, 0.717) is 18.8 Å². The van der Waals surface area contributed by atoms with E-state index in [4.69, 9.17) is 0 Å². The van der Waals surface area contributed by atoms with Gasteiger partial charge in [0.1, 0.15) is 5.72 Å². The molecule has 2 N–H and O–H groups in total. The fourth-order valence-corrected chi connectivity index (χ4v) is 1.77. The van der Waals surface area contributed by atoms with Crippen molar-refractivity contribution in [2.75, 3.05) is 6.54 Å². The van der Waals surface area contributed by atoms with Crippen molar-refractivity contribution in [3.63, 3.8) is 0 Å². The quantitative estimate of drug-likeness (QED) is 0.711. The maximum Gasteiger partial charge on any atom is 0.120 e. The Labute approximate surface area is 105 Å². The molecule has 0 aliphatic carbocycles. The summed E-state index contributed by atoms with van der Waals surface area (Å²) in [7, 11) is 0. The number of nitrogens with one attached hydrogen (secondary N) is 1. The standard InChI is InChI=1S/C15H24NO/c1-4-15(17,16-11-10-13(2)3)12-14-8-6-5-7-9-14/h5-9,13,16-17H,1,4,10-12H2,2-3H3. The third kappa shape index (κ3) is 5.33. The SMILES string of the molecule is [CH2]CC(O)(Cc1ccccc1)NCCC(C)C. The summed E-state index contributed by atoms with van der Waals surface area (Å²) < 4.78 is 0. The van der Waals surface area contributed by atoms with Gasteiger partial charge in [0.25, 0.3) is 0 Å². The Morgan fingerprint density at radius 1 is 1.29 bits per heavy atom. The average molecular weight is 234 g/mol. The van der Waals surface area contributed by atoms with Crippen LogP contribution in [0.15, 0.2) is 30.3 Å². The van der Waals surface area contributed by atoms with Crippen LogP contribution in [-0.2, 0) is 6.42 Å². The van der Waals surface area contributed by atoms with Crippen LogP contribution < -0.4 is 5.32 Å². The van der Waals surface area contributed by atoms with E-state index in [1.807, 2.05) is 30.3 Å². The molecule has 1 unspecified atom stereocenters. The van der Waals surface area contributed by atoms with Crippen molar-refractivity contribution in [1.29, 1.82) is 0 Å². The normalized spacial score (nSPS) is 14.9. The minimum atomic E-state index is -0.879. The van der Waals surface area contributed by atoms with Crippen LogP contribution in [0.3, 0.4) is 0 Å². The molecule has 1 aromatic carbocycles. The van der Waals surface area contributed by atoms with Crippen LogP contribution in [0.4, 0.5) is 0 Å². The van der Waals surface area contributed by atoms with Crippen LogP contribution in [0, 0.1) is 12.8 Å². The zero-order valence-corrected chi connectivity index (χ0v) is 10.9. The maximum atomic E-state index is 10.4. The molecule has 0 heterocycles. The van der Waals surface area contributed by atoms with Gasteiger partial charge in [-0.2, -0.15) is 0 Å². The van der Waals surface area contributed by atoms with Crippen molar-refractivity contribution < 1.29 is 5.11 Å². The highest BCUT2D eigenvalue weighted by Gasteiger charge is 2.23. The molecule has 0 amide bonds. The van der Waals surface area contributed by atoms with Gasteiger partial charge in [-0.1, -0.05) is 44.2 Å². The van der Waals surface area contributed by atoms with E-state index in [1.165, 1.54) is 0 Å². The van der Waals surface area contributed by atoms with Crippen LogP contribution in [0.5, 0.6) is 0 Å². The summed E-state index contributed by atoms with van der Waals surface area (Å²) in [6.07, 6.45) is 2.15. The van der Waals surface area contributed by atoms with Crippen molar-refractivity contribution in [2.24, 2.45) is 5.92 Å². The van der Waals surface area contributed by atoms with Crippen LogP contribution >= 0.6 is 0 Å². The van der Waals surface area contributed by atoms with E-state index in [0.717, 1.165) is 18.5 Å². The summed E-state index contributed by atoms with van der Waals surface area (Å²) in [6.45, 7) is 9.03. The van der Waals surface area contributed by atoms with Gasteiger partial charge in [-0.05, 0) is 37.8 Å². The third-order valence-electron chi connectivity index (χ3n) is 2.93. The van der Waals surface area contributed by atoms with Gasteiger partial charge < -0.3 is 5.11 Å². The average Bonchev–Trinajstić information content (AvgIpc) is 2.30. The van der Waals surface area contributed by atoms with E-state index in [1.54, 1.807) is 0 Å². The first kappa shape index (κ1) is 14.2. The summed E-state index contributed by atoms with van der Waals surface area (Å²) in [5.74, 6) is 0.647. The summed E-state index contributed by atoms with van der Waals surface area (Å²) in [5.41, 5.74) is 0.256. The predicted molar refractivity (Wildman–Crippen MR) is 72.5 cm³/mol. The molecule has 1 rings (SSSR count). The molecule has 2 heteroatoms. The lowest BCUT2D eigenvalue weighted by Gasteiger charge is -2.28. The van der Waals surface area contributed by atoms with E-state index in [-0.39, 0.29) is 0 Å². The van der Waals surface area contributed by atoms with Gasteiger partial charge in [-0.3, -0.25) is 5.32 Å². The maximum absolute atomic E-state index is 10.4. The molecular weight excluding hydrogens is 210 g/mol. The summed E-state index contributed by atoms with van der Waals surface area (Å²) in [6, 6.07) is 10.0. The summed E-state index contributed by atoms with van der Waals surface area (Å²) in [4.78, 5) is 0. The number of rotatable bonds is 7. The highest BCUT2D eigenvalue weighted by atomic mass is 16.3. The number of benzene rings is 1. The van der Waals surface area contributed by atoms with Crippen LogP contribution in [0.2, 0.25) is 0 Å². The molecule has 0 bridgehead atoms. The van der Waals surface area contributed by atoms with E-state index >= 15 is 0 Å². The molecule has 1 radical (unpaired) electrons. The van der Waals surface area contributed by atoms with Gasteiger partial charge in [0.15, 0.2) is 0 Å².